The van der Waals surface area contributed by atoms with E-state index in [0.717, 1.165) is 12.2 Å². The predicted molar refractivity (Wildman–Crippen MR) is 89.0 cm³/mol. The van der Waals surface area contributed by atoms with E-state index in [9.17, 15) is 14.7 Å². The summed E-state index contributed by atoms with van der Waals surface area (Å²) < 4.78 is 5.57. The molecule has 1 heterocycles. The Morgan fingerprint density at radius 3 is 2.72 bits per heavy atom. The van der Waals surface area contributed by atoms with Crippen LogP contribution in [0, 0.1) is 11.8 Å². The van der Waals surface area contributed by atoms with Crippen LogP contribution in [0.25, 0.3) is 5.32 Å². The normalized spacial score (nSPS) is 26.5. The second kappa shape index (κ2) is 9.48. The molecule has 1 aromatic rings. The Hall–Kier alpha value is -0.444. The van der Waals surface area contributed by atoms with Crippen LogP contribution in [0.2, 0.25) is 0 Å². The molecule has 4 atom stereocenters. The average molecular weight is 370 g/mol. The van der Waals surface area contributed by atoms with Crippen LogP contribution in [0.5, 0.6) is 5.75 Å². The van der Waals surface area contributed by atoms with Crippen molar-refractivity contribution in [2.45, 2.75) is 31.8 Å². The van der Waals surface area contributed by atoms with Gasteiger partial charge in [-0.3, -0.25) is 4.79 Å². The largest absolute Gasteiger partial charge is 1.00 e. The summed E-state index contributed by atoms with van der Waals surface area (Å²) in [5, 5.41) is 13.5. The Kier molecular flexibility index (Phi) is 7.91. The number of carboxylic acids is 1. The number of likely N-dealkylation sites (tertiary alicyclic amines) is 1. The summed E-state index contributed by atoms with van der Waals surface area (Å²) in [5.41, 5.74) is 0. The maximum Gasteiger partial charge on any atom is 1.00 e. The number of ether oxygens (including phenoxy) is 1. The van der Waals surface area contributed by atoms with E-state index in [0.29, 0.717) is 31.4 Å². The van der Waals surface area contributed by atoms with E-state index in [1.807, 2.05) is 30.3 Å². The van der Waals surface area contributed by atoms with Gasteiger partial charge in [-0.2, -0.15) is 0 Å². The first-order valence-electron chi connectivity index (χ1n) is 8.44. The van der Waals surface area contributed by atoms with Crippen molar-refractivity contribution >= 4 is 11.9 Å². The van der Waals surface area contributed by atoms with Gasteiger partial charge in [0, 0.05) is 6.04 Å². The minimum atomic E-state index is -0.904. The van der Waals surface area contributed by atoms with Crippen molar-refractivity contribution in [3.05, 3.63) is 35.6 Å². The molecule has 1 amide bonds. The van der Waals surface area contributed by atoms with Crippen LogP contribution < -0.4 is 56.1 Å². The summed E-state index contributed by atoms with van der Waals surface area (Å²) >= 11 is 0. The van der Waals surface area contributed by atoms with Gasteiger partial charge in [0.05, 0.1) is 6.61 Å². The van der Waals surface area contributed by atoms with E-state index >= 15 is 0 Å². The molecule has 25 heavy (non-hydrogen) atoms. The molecule has 2 fully saturated rings. The maximum atomic E-state index is 12.3. The van der Waals surface area contributed by atoms with Crippen LogP contribution in [0.1, 0.15) is 19.8 Å². The Labute approximate surface area is 190 Å². The second-order valence-electron chi connectivity index (χ2n) is 6.52. The molecule has 3 rings (SSSR count). The fourth-order valence-corrected chi connectivity index (χ4v) is 3.61. The summed E-state index contributed by atoms with van der Waals surface area (Å²) in [5.74, 6) is 0.532. The number of rotatable bonds is 8. The van der Waals surface area contributed by atoms with Crippen molar-refractivity contribution in [2.24, 2.45) is 11.8 Å². The van der Waals surface area contributed by atoms with Crippen LogP contribution in [-0.2, 0) is 9.59 Å². The molecule has 1 aromatic carbocycles. The third-order valence-corrected chi connectivity index (χ3v) is 4.96. The monoisotopic (exact) mass is 370 g/mol. The zero-order valence-electron chi connectivity index (χ0n) is 14.8. The quantitative estimate of drug-likeness (QED) is 0.478. The summed E-state index contributed by atoms with van der Waals surface area (Å²) in [7, 11) is 0. The van der Waals surface area contributed by atoms with Crippen molar-refractivity contribution in [1.82, 2.24) is 4.90 Å². The number of aliphatic carboxylic acids is 1. The molecular weight excluding hydrogens is 347 g/mol. The minimum Gasteiger partial charge on any atom is -0.654 e. The van der Waals surface area contributed by atoms with E-state index in [1.54, 1.807) is 4.90 Å². The molecule has 6 nitrogen and oxygen atoms in total. The number of amides is 1. The van der Waals surface area contributed by atoms with Crippen molar-refractivity contribution in [3.63, 3.8) is 0 Å². The van der Waals surface area contributed by atoms with Gasteiger partial charge >= 0.3 is 57.4 Å². The number of nitrogens with zero attached hydrogens (tertiary/aromatic N) is 2. The summed E-state index contributed by atoms with van der Waals surface area (Å²) in [6, 6.07) is 9.00. The Morgan fingerprint density at radius 2 is 2.04 bits per heavy atom. The fourth-order valence-electron chi connectivity index (χ4n) is 3.61. The number of carbonyl (C=O) groups excluding carboxylic acids is 1. The molecular formula is C18H23KN2O4. The van der Waals surface area contributed by atoms with Crippen LogP contribution in [0.3, 0.4) is 0 Å². The SMILES string of the molecule is CC1C2CC(C(=O)O)N(C(=O)C[N-]CCCOc3ccccc3)C12.[K+]. The van der Waals surface area contributed by atoms with Crippen molar-refractivity contribution in [2.75, 3.05) is 19.7 Å². The number of carbonyl (C=O) groups is 2. The van der Waals surface area contributed by atoms with Crippen LogP contribution in [0.15, 0.2) is 30.3 Å². The van der Waals surface area contributed by atoms with Gasteiger partial charge < -0.3 is 20.1 Å². The first-order chi connectivity index (χ1) is 11.6. The van der Waals surface area contributed by atoms with Crippen LogP contribution in [-0.4, -0.2) is 53.7 Å². The van der Waals surface area contributed by atoms with E-state index in [1.165, 1.54) is 0 Å². The molecule has 1 aliphatic carbocycles. The molecule has 1 aliphatic heterocycles. The fraction of sp³-hybridized carbons (Fsp3) is 0.556. The predicted octanol–water partition coefficient (Wildman–Crippen LogP) is -0.847. The minimum absolute atomic E-state index is 0. The van der Waals surface area contributed by atoms with Gasteiger partial charge in [-0.05, 0) is 36.8 Å². The van der Waals surface area contributed by atoms with E-state index in [4.69, 9.17) is 4.74 Å². The zero-order valence-corrected chi connectivity index (χ0v) is 17.9. The Bertz CT molecular complexity index is 598. The van der Waals surface area contributed by atoms with E-state index < -0.39 is 12.0 Å². The number of carboxylic acid groups (broad SMARTS) is 1. The maximum absolute atomic E-state index is 12.3. The van der Waals surface area contributed by atoms with Gasteiger partial charge in [0.1, 0.15) is 11.8 Å². The number of para-hydroxylation sites is 1. The number of benzene rings is 1. The molecule has 130 valence electrons. The Balaban J connectivity index is 0.00000225. The first kappa shape index (κ1) is 20.9. The van der Waals surface area contributed by atoms with Crippen molar-refractivity contribution < 1.29 is 70.8 Å². The third-order valence-electron chi connectivity index (χ3n) is 4.96. The molecule has 0 aromatic heterocycles. The van der Waals surface area contributed by atoms with Gasteiger partial charge in [0.2, 0.25) is 5.91 Å². The van der Waals surface area contributed by atoms with Gasteiger partial charge in [-0.15, -0.1) is 6.54 Å². The molecule has 0 spiro atoms. The van der Waals surface area contributed by atoms with Crippen LogP contribution >= 0.6 is 0 Å². The molecule has 4 unspecified atom stereocenters. The number of piperidine rings is 1. The van der Waals surface area contributed by atoms with Gasteiger partial charge in [0.25, 0.3) is 0 Å². The van der Waals surface area contributed by atoms with Crippen molar-refractivity contribution in [3.8, 4) is 5.75 Å². The molecule has 7 heteroatoms. The summed E-state index contributed by atoms with van der Waals surface area (Å²) in [6.07, 6.45) is 1.31. The van der Waals surface area contributed by atoms with E-state index in [-0.39, 0.29) is 69.9 Å². The zero-order chi connectivity index (χ0) is 17.1. The molecule has 1 N–H and O–H groups in total. The standard InChI is InChI=1S/C18H23N2O4.K/c1-12-14-10-15(18(22)23)20(17(12)14)16(21)11-19-8-5-9-24-13-6-3-2-4-7-13;/h2-4,6-7,12,14-15,17H,5,8-11H2,1H3,(H,22,23);/q-1;+1. The number of fused-ring (bicyclic) bond motifs is 1. The molecule has 0 radical (unpaired) electrons. The molecule has 2 aliphatic rings. The topological polar surface area (TPSA) is 80.9 Å². The Morgan fingerprint density at radius 1 is 1.32 bits per heavy atom. The second-order valence-corrected chi connectivity index (χ2v) is 6.52. The molecule has 0 bridgehead atoms. The number of hydrogen-bond acceptors (Lipinski definition) is 3. The molecule has 1 saturated carbocycles. The summed E-state index contributed by atoms with van der Waals surface area (Å²) in [6.45, 7) is 3.22. The van der Waals surface area contributed by atoms with Crippen LogP contribution in [0.4, 0.5) is 0 Å². The smallest absolute Gasteiger partial charge is 0.654 e. The van der Waals surface area contributed by atoms with Gasteiger partial charge in [0.15, 0.2) is 0 Å². The van der Waals surface area contributed by atoms with E-state index in [2.05, 4.69) is 12.2 Å². The first-order valence-corrected chi connectivity index (χ1v) is 8.44. The molecule has 1 saturated heterocycles. The van der Waals surface area contributed by atoms with Gasteiger partial charge in [-0.25, -0.2) is 4.79 Å². The van der Waals surface area contributed by atoms with Gasteiger partial charge in [-0.1, -0.05) is 31.7 Å². The number of hydrogen-bond donors (Lipinski definition) is 1. The van der Waals surface area contributed by atoms with Crippen molar-refractivity contribution in [1.29, 1.82) is 0 Å². The third kappa shape index (κ3) is 5.05. The summed E-state index contributed by atoms with van der Waals surface area (Å²) in [4.78, 5) is 25.2. The average Bonchev–Trinajstić information content (AvgIpc) is 3.03.